The van der Waals surface area contributed by atoms with E-state index in [4.69, 9.17) is 14.3 Å². The number of esters is 1. The van der Waals surface area contributed by atoms with Crippen LogP contribution in [0.5, 0.6) is 5.75 Å². The van der Waals surface area contributed by atoms with Gasteiger partial charge in [0.2, 0.25) is 0 Å². The Labute approximate surface area is 192 Å². The van der Waals surface area contributed by atoms with Crippen LogP contribution in [0.25, 0.3) is 11.0 Å². The molecule has 0 aliphatic carbocycles. The molecule has 0 fully saturated rings. The molecule has 34 heavy (non-hydrogen) atoms. The Morgan fingerprint density at radius 3 is 2.35 bits per heavy atom. The number of nitrogens with one attached hydrogen (secondary N) is 1. The number of nitrogens with zero attached hydrogens (tertiary/aromatic N) is 3. The molecule has 0 bridgehead atoms. The molecular weight excluding hydrogens is 450 g/mol. The number of carbonyl (C=O) groups excluding carboxylic acids is 2. The summed E-state index contributed by atoms with van der Waals surface area (Å²) in [5.41, 5.74) is 1.90. The first-order chi connectivity index (χ1) is 16.3. The van der Waals surface area contributed by atoms with Crippen molar-refractivity contribution in [3.8, 4) is 5.75 Å². The highest BCUT2D eigenvalue weighted by atomic mass is 19.3. The molecule has 4 rings (SSSR count). The number of dihydropyridines is 1. The summed E-state index contributed by atoms with van der Waals surface area (Å²) < 4.78 is 35.9. The topological polar surface area (TPSA) is 105 Å². The smallest absolute Gasteiger partial charge is 0.387 e. The molecule has 1 atom stereocenters. The van der Waals surface area contributed by atoms with Crippen LogP contribution in [-0.4, -0.2) is 40.8 Å². The molecule has 0 radical (unpaired) electrons. The number of fused-ring (bicyclic) bond motifs is 1. The Bertz CT molecular complexity index is 1330. The van der Waals surface area contributed by atoms with Crippen molar-refractivity contribution >= 4 is 23.0 Å². The highest BCUT2D eigenvalue weighted by Crippen LogP contribution is 2.42. The van der Waals surface area contributed by atoms with Crippen molar-refractivity contribution in [2.24, 2.45) is 0 Å². The van der Waals surface area contributed by atoms with Gasteiger partial charge in [-0.05, 0) is 37.3 Å². The van der Waals surface area contributed by atoms with Crippen LogP contribution in [0.3, 0.4) is 0 Å². The number of allylic oxidation sites excluding steroid dienone is 2. The number of methoxy groups -OCH3 is 1. The van der Waals surface area contributed by atoms with Gasteiger partial charge in [0.1, 0.15) is 16.8 Å². The molecule has 0 saturated heterocycles. The van der Waals surface area contributed by atoms with Crippen LogP contribution in [0.2, 0.25) is 0 Å². The number of halogens is 2. The quantitative estimate of drug-likeness (QED) is 0.433. The van der Waals surface area contributed by atoms with Gasteiger partial charge >= 0.3 is 18.6 Å². The van der Waals surface area contributed by atoms with Gasteiger partial charge in [0.25, 0.3) is 0 Å². The summed E-state index contributed by atoms with van der Waals surface area (Å²) in [7, 11) is 1.19. The van der Waals surface area contributed by atoms with E-state index >= 15 is 0 Å². The number of carbonyl (C=O) groups is 2. The molecule has 1 aliphatic rings. The fourth-order valence-electron chi connectivity index (χ4n) is 3.92. The molecule has 2 aromatic carbocycles. The summed E-state index contributed by atoms with van der Waals surface area (Å²) in [6.45, 7) is 0.111. The number of para-hydroxylation sites is 2. The first-order valence-corrected chi connectivity index (χ1v) is 10.2. The molecule has 1 N–H and O–H groups in total. The van der Waals surface area contributed by atoms with Crippen molar-refractivity contribution in [1.82, 2.24) is 20.5 Å². The molecule has 9 nitrogen and oxygen atoms in total. The Hall–Kier alpha value is -4.28. The zero-order valence-electron chi connectivity index (χ0n) is 18.4. The lowest BCUT2D eigenvalue weighted by Crippen LogP contribution is -2.35. The van der Waals surface area contributed by atoms with E-state index < -0.39 is 24.5 Å². The maximum absolute atomic E-state index is 13.4. The molecule has 176 valence electrons. The van der Waals surface area contributed by atoms with E-state index in [0.717, 1.165) is 4.85 Å². The molecule has 0 spiro atoms. The Morgan fingerprint density at radius 2 is 1.65 bits per heavy atom. The van der Waals surface area contributed by atoms with Crippen LogP contribution in [0, 0.1) is 0 Å². The first kappa shape index (κ1) is 22.9. The van der Waals surface area contributed by atoms with Crippen molar-refractivity contribution in [3.63, 3.8) is 0 Å². The number of hydrogen-bond donors (Lipinski definition) is 1. The average Bonchev–Trinajstić information content (AvgIpc) is 3.21. The van der Waals surface area contributed by atoms with Crippen molar-refractivity contribution in [2.45, 2.75) is 26.4 Å². The lowest BCUT2D eigenvalue weighted by molar-refractivity contribution is -0.141. The minimum Gasteiger partial charge on any atom is -0.466 e. The monoisotopic (exact) mass is 470 g/mol. The molecule has 1 aliphatic heterocycles. The largest absolute Gasteiger partial charge is 0.466 e. The van der Waals surface area contributed by atoms with Gasteiger partial charge in [0, 0.05) is 17.0 Å². The van der Waals surface area contributed by atoms with Gasteiger partial charge in [-0.1, -0.05) is 35.2 Å². The van der Waals surface area contributed by atoms with E-state index in [-0.39, 0.29) is 22.5 Å². The van der Waals surface area contributed by atoms with Gasteiger partial charge in [0.15, 0.2) is 0 Å². The molecule has 11 heteroatoms. The zero-order chi connectivity index (χ0) is 24.4. The normalized spacial score (nSPS) is 16.0. The fraction of sp³-hybridized carbons (Fsp3) is 0.217. The maximum Gasteiger partial charge on any atom is 0.387 e. The number of alkyl halides is 2. The van der Waals surface area contributed by atoms with Crippen LogP contribution in [0.15, 0.2) is 71.1 Å². The highest BCUT2D eigenvalue weighted by Gasteiger charge is 2.40. The summed E-state index contributed by atoms with van der Waals surface area (Å²) in [6, 6.07) is 12.8. The molecule has 1 aromatic heterocycles. The van der Waals surface area contributed by atoms with Gasteiger partial charge in [-0.2, -0.15) is 8.78 Å². The highest BCUT2D eigenvalue weighted by molar-refractivity contribution is 6.00. The van der Waals surface area contributed by atoms with Crippen LogP contribution in [-0.2, 0) is 14.3 Å². The van der Waals surface area contributed by atoms with Crippen molar-refractivity contribution in [1.29, 1.82) is 0 Å². The summed E-state index contributed by atoms with van der Waals surface area (Å²) in [6.07, 6.45) is 0. The molecule has 2 heterocycles. The number of benzene rings is 2. The lowest BCUT2D eigenvalue weighted by Gasteiger charge is -2.30. The van der Waals surface area contributed by atoms with Gasteiger partial charge in [0.05, 0.1) is 24.2 Å². The molecule has 0 amide bonds. The van der Waals surface area contributed by atoms with Gasteiger partial charge in [-0.15, -0.1) is 5.10 Å². The van der Waals surface area contributed by atoms with Gasteiger partial charge in [-0.3, -0.25) is 0 Å². The molecule has 0 saturated carbocycles. The second kappa shape index (κ2) is 9.30. The third kappa shape index (κ3) is 4.19. The van der Waals surface area contributed by atoms with E-state index in [0.29, 0.717) is 22.4 Å². The van der Waals surface area contributed by atoms with E-state index in [1.54, 1.807) is 44.2 Å². The zero-order valence-corrected chi connectivity index (χ0v) is 18.4. The third-order valence-corrected chi connectivity index (χ3v) is 5.32. The lowest BCUT2D eigenvalue weighted by atomic mass is 9.80. The minimum atomic E-state index is -3.11. The molecule has 1 unspecified atom stereocenters. The van der Waals surface area contributed by atoms with E-state index in [9.17, 15) is 18.4 Å². The summed E-state index contributed by atoms with van der Waals surface area (Å²) in [5.74, 6) is -2.92. The Morgan fingerprint density at radius 1 is 1.00 bits per heavy atom. The fourth-order valence-corrected chi connectivity index (χ4v) is 3.92. The first-order valence-electron chi connectivity index (χ1n) is 10.2. The summed E-state index contributed by atoms with van der Waals surface area (Å²) in [4.78, 5) is 32.6. The molecular formula is C23H20F2N4O5. The van der Waals surface area contributed by atoms with E-state index in [1.165, 1.54) is 25.3 Å². The summed E-state index contributed by atoms with van der Waals surface area (Å²) in [5, 5.41) is 10.8. The number of ether oxygens (including phenoxy) is 2. The maximum atomic E-state index is 13.4. The summed E-state index contributed by atoms with van der Waals surface area (Å²) >= 11 is 0. The predicted octanol–water partition coefficient (Wildman–Crippen LogP) is 3.10. The number of hydrogen-bond acceptors (Lipinski definition) is 8. The minimum absolute atomic E-state index is 0.00380. The Balaban J connectivity index is 1.83. The van der Waals surface area contributed by atoms with Crippen molar-refractivity contribution < 1.29 is 32.7 Å². The number of rotatable bonds is 6. The third-order valence-electron chi connectivity index (χ3n) is 5.32. The average molecular weight is 470 g/mol. The Kier molecular flexibility index (Phi) is 6.26. The standard InChI is InChI=1S/C23H20F2N4O5/c1-12-18(21(30)32-3)20(14-8-4-7-11-17(14)33-23(24)25)19(13(2)26-12)22(31)34-29-16-10-6-5-9-15(16)27-28-29/h4-11,20,23,26H,1-3H3. The SMILES string of the molecule is COC(=O)C1=C(C)NC(C)=C(C(=O)On2nnc3ccccc32)C1c1ccccc1OC(F)F. The van der Waals surface area contributed by atoms with E-state index in [2.05, 4.69) is 15.6 Å². The van der Waals surface area contributed by atoms with Crippen LogP contribution < -0.4 is 14.9 Å². The van der Waals surface area contributed by atoms with Crippen molar-refractivity contribution in [3.05, 3.63) is 76.6 Å². The number of aromatic nitrogens is 3. The predicted molar refractivity (Wildman–Crippen MR) is 115 cm³/mol. The second-order valence-electron chi connectivity index (χ2n) is 7.37. The van der Waals surface area contributed by atoms with E-state index in [1.807, 2.05) is 0 Å². The second-order valence-corrected chi connectivity index (χ2v) is 7.37. The van der Waals surface area contributed by atoms with Crippen LogP contribution >= 0.6 is 0 Å². The van der Waals surface area contributed by atoms with Crippen molar-refractivity contribution in [2.75, 3.05) is 7.11 Å². The molecule has 3 aromatic rings. The van der Waals surface area contributed by atoms with Gasteiger partial charge in [-0.25, -0.2) is 9.59 Å². The van der Waals surface area contributed by atoms with Crippen LogP contribution in [0.1, 0.15) is 25.3 Å². The van der Waals surface area contributed by atoms with Crippen LogP contribution in [0.4, 0.5) is 8.78 Å². The van der Waals surface area contributed by atoms with Gasteiger partial charge < -0.3 is 19.6 Å².